The predicted molar refractivity (Wildman–Crippen MR) is 127 cm³/mol. The maximum absolute atomic E-state index is 11.3. The van der Waals surface area contributed by atoms with E-state index in [0.717, 1.165) is 44.8 Å². The number of alkyl halides is 2. The number of nitrogens with one attached hydrogen (secondary N) is 2. The van der Waals surface area contributed by atoms with E-state index in [1.54, 1.807) is 12.1 Å². The lowest BCUT2D eigenvalue weighted by Gasteiger charge is -2.40. The van der Waals surface area contributed by atoms with Crippen molar-refractivity contribution in [3.05, 3.63) is 29.8 Å². The minimum Gasteiger partial charge on any atom is -0.361 e. The monoisotopic (exact) mass is 515 g/mol. The molecule has 13 heteroatoms. The van der Waals surface area contributed by atoms with E-state index < -0.39 is 18.5 Å². The van der Waals surface area contributed by atoms with Gasteiger partial charge in [-0.25, -0.2) is 22.9 Å². The fourth-order valence-electron chi connectivity index (χ4n) is 2.84. The fourth-order valence-corrected chi connectivity index (χ4v) is 6.27. The quantitative estimate of drug-likeness (QED) is 0.234. The standard InChI is InChI=1S/C17H28Cl2N5O3PS2/c18-6-10-24(11-7-19)28-23(9-1-13-27-28)12-8-21-17(29)22-14-15-2-4-16(5-3-15)30(20,25)26/h2-5H,1,6-14H2,(H2,20,25,26)(H2,21,22,29). The maximum Gasteiger partial charge on any atom is 0.238 e. The molecule has 1 unspecified atom stereocenters. The first-order valence-corrected chi connectivity index (χ1v) is 13.7. The third-order valence-electron chi connectivity index (χ3n) is 4.30. The van der Waals surface area contributed by atoms with Crippen LogP contribution in [0.4, 0.5) is 0 Å². The molecule has 1 saturated heterocycles. The van der Waals surface area contributed by atoms with Crippen LogP contribution in [0, 0.1) is 0 Å². The van der Waals surface area contributed by atoms with Gasteiger partial charge < -0.3 is 15.2 Å². The normalized spacial score (nSPS) is 17.8. The smallest absolute Gasteiger partial charge is 0.238 e. The van der Waals surface area contributed by atoms with Crippen LogP contribution in [0.5, 0.6) is 0 Å². The summed E-state index contributed by atoms with van der Waals surface area (Å²) in [6.45, 7) is 5.15. The molecule has 30 heavy (non-hydrogen) atoms. The van der Waals surface area contributed by atoms with Crippen LogP contribution >= 0.6 is 43.9 Å². The van der Waals surface area contributed by atoms with E-state index in [9.17, 15) is 8.42 Å². The molecule has 1 aromatic rings. The number of hydrogen-bond acceptors (Lipinski definition) is 6. The molecule has 0 bridgehead atoms. The minimum absolute atomic E-state index is 0.0876. The van der Waals surface area contributed by atoms with Gasteiger partial charge in [0.15, 0.2) is 13.6 Å². The van der Waals surface area contributed by atoms with E-state index in [4.69, 9.17) is 45.1 Å². The molecule has 0 aromatic heterocycles. The van der Waals surface area contributed by atoms with Gasteiger partial charge in [-0.15, -0.1) is 23.2 Å². The number of sulfonamides is 1. The van der Waals surface area contributed by atoms with Crippen LogP contribution in [-0.4, -0.2) is 74.0 Å². The molecule has 0 aliphatic carbocycles. The number of rotatable bonds is 11. The van der Waals surface area contributed by atoms with Crippen molar-refractivity contribution < 1.29 is 12.9 Å². The first-order valence-electron chi connectivity index (χ1n) is 9.53. The zero-order valence-electron chi connectivity index (χ0n) is 16.6. The molecule has 1 aliphatic rings. The van der Waals surface area contributed by atoms with Crippen molar-refractivity contribution in [2.45, 2.75) is 17.9 Å². The summed E-state index contributed by atoms with van der Waals surface area (Å²) in [6, 6.07) is 6.37. The van der Waals surface area contributed by atoms with Crippen molar-refractivity contribution in [2.24, 2.45) is 5.14 Å². The molecule has 4 N–H and O–H groups in total. The lowest BCUT2D eigenvalue weighted by Crippen LogP contribution is -2.42. The molecule has 1 fully saturated rings. The van der Waals surface area contributed by atoms with Crippen LogP contribution in [0.3, 0.4) is 0 Å². The summed E-state index contributed by atoms with van der Waals surface area (Å²) >= 11 is 17.2. The number of nitrogens with two attached hydrogens (primary N) is 1. The molecule has 1 heterocycles. The molecule has 1 atom stereocenters. The van der Waals surface area contributed by atoms with Gasteiger partial charge in [0.25, 0.3) is 0 Å². The molecular formula is C17H28Cl2N5O3PS2. The third kappa shape index (κ3) is 8.68. The second-order valence-corrected chi connectivity index (χ2v) is 11.1. The van der Waals surface area contributed by atoms with Crippen LogP contribution in [0.25, 0.3) is 0 Å². The third-order valence-corrected chi connectivity index (χ3v) is 8.03. The Morgan fingerprint density at radius 1 is 1.23 bits per heavy atom. The zero-order valence-corrected chi connectivity index (χ0v) is 20.6. The van der Waals surface area contributed by atoms with E-state index in [1.807, 2.05) is 0 Å². The summed E-state index contributed by atoms with van der Waals surface area (Å²) < 4.78 is 33.2. The summed E-state index contributed by atoms with van der Waals surface area (Å²) in [7, 11) is -4.55. The van der Waals surface area contributed by atoms with Crippen LogP contribution in [0.1, 0.15) is 12.0 Å². The lowest BCUT2D eigenvalue weighted by atomic mass is 10.2. The molecule has 8 nitrogen and oxygen atoms in total. The Morgan fingerprint density at radius 3 is 2.50 bits per heavy atom. The Labute approximate surface area is 195 Å². The summed E-state index contributed by atoms with van der Waals surface area (Å²) in [4.78, 5) is 0.0876. The van der Waals surface area contributed by atoms with Gasteiger partial charge in [0.05, 0.1) is 11.5 Å². The van der Waals surface area contributed by atoms with Gasteiger partial charge >= 0.3 is 0 Å². The predicted octanol–water partition coefficient (Wildman–Crippen LogP) is 2.03. The van der Waals surface area contributed by atoms with Crippen LogP contribution in [0.15, 0.2) is 29.2 Å². The highest BCUT2D eigenvalue weighted by atomic mass is 35.5. The van der Waals surface area contributed by atoms with Gasteiger partial charge in [-0.3, -0.25) is 0 Å². The number of thiocarbonyl (C=S) groups is 1. The highest BCUT2D eigenvalue weighted by molar-refractivity contribution is 7.89. The average molecular weight is 516 g/mol. The number of primary sulfonamides is 1. The lowest BCUT2D eigenvalue weighted by molar-refractivity contribution is 0.210. The summed E-state index contributed by atoms with van der Waals surface area (Å²) in [5.74, 6) is 1.08. The van der Waals surface area contributed by atoms with Crippen molar-refractivity contribution in [3.8, 4) is 0 Å². The van der Waals surface area contributed by atoms with E-state index in [1.165, 1.54) is 12.1 Å². The Balaban J connectivity index is 1.77. The van der Waals surface area contributed by atoms with E-state index in [-0.39, 0.29) is 4.90 Å². The molecular weight excluding hydrogens is 488 g/mol. The number of hydrogen-bond donors (Lipinski definition) is 3. The number of benzene rings is 1. The first-order chi connectivity index (χ1) is 14.3. The molecule has 2 rings (SSSR count). The summed E-state index contributed by atoms with van der Waals surface area (Å²) in [5.41, 5.74) is 0.900. The Hall–Kier alpha value is -0.290. The van der Waals surface area contributed by atoms with Crippen molar-refractivity contribution >= 4 is 59.0 Å². The molecule has 0 saturated carbocycles. The van der Waals surface area contributed by atoms with E-state index in [0.29, 0.717) is 30.0 Å². The average Bonchev–Trinajstić information content (AvgIpc) is 2.72. The van der Waals surface area contributed by atoms with Crippen molar-refractivity contribution in [2.75, 3.05) is 51.1 Å². The topological polar surface area (TPSA) is 99.9 Å². The molecule has 0 radical (unpaired) electrons. The van der Waals surface area contributed by atoms with Gasteiger partial charge in [0.1, 0.15) is 0 Å². The Bertz CT molecular complexity index is 767. The Kier molecular flexibility index (Phi) is 11.5. The molecule has 1 aromatic carbocycles. The van der Waals surface area contributed by atoms with E-state index >= 15 is 0 Å². The molecule has 0 spiro atoms. The molecule has 0 amide bonds. The zero-order chi connectivity index (χ0) is 22.0. The van der Waals surface area contributed by atoms with Gasteiger partial charge in [-0.2, -0.15) is 0 Å². The molecule has 170 valence electrons. The van der Waals surface area contributed by atoms with Crippen LogP contribution in [-0.2, 0) is 21.1 Å². The number of halogens is 2. The summed E-state index contributed by atoms with van der Waals surface area (Å²) in [5, 5.41) is 12.0. The van der Waals surface area contributed by atoms with Crippen molar-refractivity contribution in [1.29, 1.82) is 0 Å². The summed E-state index contributed by atoms with van der Waals surface area (Å²) in [6.07, 6.45) is 0.992. The second kappa shape index (κ2) is 13.3. The molecule has 1 aliphatic heterocycles. The van der Waals surface area contributed by atoms with Gasteiger partial charge in [0.2, 0.25) is 10.0 Å². The maximum atomic E-state index is 11.3. The number of nitrogens with zero attached hydrogens (tertiary/aromatic N) is 2. The van der Waals surface area contributed by atoms with E-state index in [2.05, 4.69) is 20.0 Å². The van der Waals surface area contributed by atoms with Crippen LogP contribution < -0.4 is 15.8 Å². The van der Waals surface area contributed by atoms with Crippen molar-refractivity contribution in [1.82, 2.24) is 20.0 Å². The highest BCUT2D eigenvalue weighted by Crippen LogP contribution is 2.47. The second-order valence-electron chi connectivity index (χ2n) is 6.52. The fraction of sp³-hybridized carbons (Fsp3) is 0.588. The minimum atomic E-state index is -3.68. The van der Waals surface area contributed by atoms with Gasteiger partial charge in [0, 0.05) is 51.0 Å². The van der Waals surface area contributed by atoms with Crippen LogP contribution in [0.2, 0.25) is 0 Å². The van der Waals surface area contributed by atoms with Crippen molar-refractivity contribution in [3.63, 3.8) is 0 Å². The van der Waals surface area contributed by atoms with Gasteiger partial charge in [-0.05, 0) is 36.3 Å². The highest BCUT2D eigenvalue weighted by Gasteiger charge is 2.29. The Morgan fingerprint density at radius 2 is 1.90 bits per heavy atom. The largest absolute Gasteiger partial charge is 0.361 e. The first kappa shape index (κ1) is 26.0. The SMILES string of the molecule is NS(=O)(=O)c1ccc(CNC(=S)NCCN2CCCOP2N(CCCl)CCCl)cc1. The van der Waals surface area contributed by atoms with Gasteiger partial charge in [-0.1, -0.05) is 12.1 Å².